The summed E-state index contributed by atoms with van der Waals surface area (Å²) in [5.74, 6) is 0.766. The molecule has 1 aromatic heterocycles. The quantitative estimate of drug-likeness (QED) is 0.423. The number of carbonyl (C=O) groups excluding carboxylic acids is 2. The summed E-state index contributed by atoms with van der Waals surface area (Å²) in [5, 5.41) is 1.46. The highest BCUT2D eigenvalue weighted by Gasteiger charge is 2.34. The van der Waals surface area contributed by atoms with Gasteiger partial charge in [0.15, 0.2) is 5.17 Å². The number of rotatable bonds is 4. The number of amidine groups is 1. The Morgan fingerprint density at radius 3 is 2.49 bits per heavy atom. The fourth-order valence-electron chi connectivity index (χ4n) is 4.29. The summed E-state index contributed by atoms with van der Waals surface area (Å²) >= 11 is 2.96. The van der Waals surface area contributed by atoms with Crippen molar-refractivity contribution in [3.05, 3.63) is 88.0 Å². The predicted octanol–water partition coefficient (Wildman–Crippen LogP) is 7.02. The number of thioether (sulfide) groups is 1. The summed E-state index contributed by atoms with van der Waals surface area (Å²) in [7, 11) is 0. The van der Waals surface area contributed by atoms with Gasteiger partial charge in [0.2, 0.25) is 5.91 Å². The van der Waals surface area contributed by atoms with Crippen LogP contribution < -0.4 is 0 Å². The van der Waals surface area contributed by atoms with Crippen molar-refractivity contribution >= 4 is 45.0 Å². The first-order valence-electron chi connectivity index (χ1n) is 12.7. The Labute approximate surface area is 228 Å². The number of hydrogen-bond donors (Lipinski definition) is 0. The standard InChI is InChI=1S/C24H28N2O3S2.C6H6/c1-14(2)20-10-18-19-11-22(28)26(17-7-5-6-15(3)8-9-17)24(30-13-16(4)27)25-23(19)31-21(18)12-29-20;1-2-4-6-5-3-1/h6-9,14,20H,5,10-13H2,1-4H3;1-6H. The number of hydrogen-bond acceptors (Lipinski definition) is 6. The lowest BCUT2D eigenvalue weighted by molar-refractivity contribution is -0.125. The minimum absolute atomic E-state index is 0.00260. The number of Topliss-reactive ketones (excluding diaryl/α,β-unsaturated/α-hetero) is 1. The fraction of sp³-hybridized carbons (Fsp3) is 0.367. The minimum Gasteiger partial charge on any atom is -0.372 e. The number of fused-ring (bicyclic) bond motifs is 3. The van der Waals surface area contributed by atoms with Gasteiger partial charge in [0.1, 0.15) is 10.8 Å². The van der Waals surface area contributed by atoms with Gasteiger partial charge in [-0.3, -0.25) is 14.5 Å². The Bertz CT molecular complexity index is 1230. The van der Waals surface area contributed by atoms with Crippen molar-refractivity contribution in [2.75, 3.05) is 5.75 Å². The van der Waals surface area contributed by atoms with Crippen molar-refractivity contribution in [2.45, 2.75) is 59.7 Å². The molecule has 0 radical (unpaired) electrons. The van der Waals surface area contributed by atoms with Crippen molar-refractivity contribution in [2.24, 2.45) is 10.9 Å². The molecule has 1 aromatic carbocycles. The van der Waals surface area contributed by atoms with Gasteiger partial charge in [-0.1, -0.05) is 85.8 Å². The van der Waals surface area contributed by atoms with E-state index < -0.39 is 0 Å². The van der Waals surface area contributed by atoms with Gasteiger partial charge >= 0.3 is 0 Å². The molecule has 2 aliphatic heterocycles. The molecule has 1 aliphatic carbocycles. The van der Waals surface area contributed by atoms with Gasteiger partial charge in [-0.05, 0) is 37.8 Å². The second kappa shape index (κ2) is 12.7. The van der Waals surface area contributed by atoms with E-state index in [1.807, 2.05) is 61.5 Å². The van der Waals surface area contributed by atoms with E-state index in [2.05, 4.69) is 19.9 Å². The average Bonchev–Trinajstić information content (AvgIpc) is 2.99. The van der Waals surface area contributed by atoms with Gasteiger partial charge in [-0.25, -0.2) is 4.99 Å². The van der Waals surface area contributed by atoms with Gasteiger partial charge in [0, 0.05) is 22.6 Å². The number of thiophene rings is 1. The number of benzene rings is 1. The molecule has 37 heavy (non-hydrogen) atoms. The largest absolute Gasteiger partial charge is 0.372 e. The number of aliphatic imine (C=N–C) groups is 1. The van der Waals surface area contributed by atoms with Crippen molar-refractivity contribution in [3.63, 3.8) is 0 Å². The first-order valence-corrected chi connectivity index (χ1v) is 14.5. The second-order valence-corrected chi connectivity index (χ2v) is 11.7. The maximum atomic E-state index is 13.6. The first kappa shape index (κ1) is 27.3. The van der Waals surface area contributed by atoms with Crippen LogP contribution >= 0.6 is 23.1 Å². The zero-order valence-corrected chi connectivity index (χ0v) is 23.5. The number of allylic oxidation sites excluding steroid dienone is 5. The third-order valence-corrected chi connectivity index (χ3v) is 8.56. The Morgan fingerprint density at radius 2 is 1.84 bits per heavy atom. The van der Waals surface area contributed by atoms with Crippen molar-refractivity contribution < 1.29 is 14.3 Å². The topological polar surface area (TPSA) is 59.0 Å². The summed E-state index contributed by atoms with van der Waals surface area (Å²) in [5.41, 5.74) is 4.26. The predicted molar refractivity (Wildman–Crippen MR) is 154 cm³/mol. The normalized spacial score (nSPS) is 18.9. The van der Waals surface area contributed by atoms with Crippen LogP contribution in [-0.4, -0.2) is 33.6 Å². The van der Waals surface area contributed by atoms with Gasteiger partial charge in [-0.15, -0.1) is 11.3 Å². The number of ketones is 1. The van der Waals surface area contributed by atoms with Crippen LogP contribution in [0.5, 0.6) is 0 Å². The number of nitrogens with zero attached hydrogens (tertiary/aromatic N) is 2. The zero-order chi connectivity index (χ0) is 26.4. The summed E-state index contributed by atoms with van der Waals surface area (Å²) in [4.78, 5) is 33.1. The Kier molecular flexibility index (Phi) is 9.35. The van der Waals surface area contributed by atoms with Gasteiger partial charge < -0.3 is 4.74 Å². The molecule has 2 aromatic rings. The van der Waals surface area contributed by atoms with E-state index in [-0.39, 0.29) is 23.5 Å². The van der Waals surface area contributed by atoms with E-state index in [4.69, 9.17) is 9.73 Å². The van der Waals surface area contributed by atoms with Crippen LogP contribution in [0, 0.1) is 5.92 Å². The van der Waals surface area contributed by atoms with Crippen molar-refractivity contribution in [3.8, 4) is 0 Å². The van der Waals surface area contributed by atoms with Crippen LogP contribution in [-0.2, 0) is 33.8 Å². The average molecular weight is 535 g/mol. The SMILES string of the molecule is CC(=O)CSC1=Nc2sc3c(c2CC(=O)N1C1=CCC=C(C)C=C1)CC(C(C)C)OC3.c1ccccc1. The molecule has 0 fully saturated rings. The zero-order valence-electron chi connectivity index (χ0n) is 21.9. The van der Waals surface area contributed by atoms with E-state index >= 15 is 0 Å². The number of carbonyl (C=O) groups is 2. The van der Waals surface area contributed by atoms with Crippen LogP contribution in [0.4, 0.5) is 5.00 Å². The highest BCUT2D eigenvalue weighted by Crippen LogP contribution is 2.43. The Hall–Kier alpha value is -2.74. The third-order valence-electron chi connectivity index (χ3n) is 6.34. The summed E-state index contributed by atoms with van der Waals surface area (Å²) in [6, 6.07) is 12.0. The van der Waals surface area contributed by atoms with Crippen LogP contribution in [0.25, 0.3) is 0 Å². The summed E-state index contributed by atoms with van der Waals surface area (Å²) in [6.45, 7) is 8.53. The molecule has 1 atom stereocenters. The molecule has 5 nitrogen and oxygen atoms in total. The molecule has 7 heteroatoms. The molecular weight excluding hydrogens is 500 g/mol. The molecule has 0 N–H and O–H groups in total. The third kappa shape index (κ3) is 6.98. The van der Waals surface area contributed by atoms with Gasteiger partial charge in [0.05, 0.1) is 24.9 Å². The van der Waals surface area contributed by atoms with E-state index in [0.29, 0.717) is 24.1 Å². The van der Waals surface area contributed by atoms with Crippen LogP contribution in [0.1, 0.15) is 50.1 Å². The van der Waals surface area contributed by atoms with E-state index in [1.165, 1.54) is 22.2 Å². The van der Waals surface area contributed by atoms with Crippen LogP contribution in [0.15, 0.2) is 77.0 Å². The van der Waals surface area contributed by atoms with E-state index in [1.54, 1.807) is 23.2 Å². The maximum absolute atomic E-state index is 13.6. The molecule has 0 spiro atoms. The molecule has 3 heterocycles. The van der Waals surface area contributed by atoms with Gasteiger partial charge in [0.25, 0.3) is 0 Å². The van der Waals surface area contributed by atoms with E-state index in [9.17, 15) is 9.59 Å². The molecule has 1 unspecified atom stereocenters. The minimum atomic E-state index is -0.00260. The monoisotopic (exact) mass is 534 g/mol. The molecule has 1 amide bonds. The molecule has 0 saturated heterocycles. The highest BCUT2D eigenvalue weighted by molar-refractivity contribution is 8.14. The Morgan fingerprint density at radius 1 is 1.14 bits per heavy atom. The second-order valence-electron chi connectivity index (χ2n) is 9.68. The van der Waals surface area contributed by atoms with Crippen LogP contribution in [0.2, 0.25) is 0 Å². The lowest BCUT2D eigenvalue weighted by atomic mass is 9.93. The molecule has 194 valence electrons. The summed E-state index contributed by atoms with van der Waals surface area (Å²) < 4.78 is 6.04. The van der Waals surface area contributed by atoms with Crippen molar-refractivity contribution in [1.82, 2.24) is 4.90 Å². The molecule has 5 rings (SSSR count). The smallest absolute Gasteiger partial charge is 0.237 e. The molecule has 0 saturated carbocycles. The van der Waals surface area contributed by atoms with Gasteiger partial charge in [-0.2, -0.15) is 0 Å². The number of ether oxygens (including phenoxy) is 1. The first-order chi connectivity index (χ1) is 17.8. The molecule has 3 aliphatic rings. The van der Waals surface area contributed by atoms with E-state index in [0.717, 1.165) is 34.7 Å². The number of amides is 1. The molecular formula is C30H34N2O3S2. The van der Waals surface area contributed by atoms with Crippen LogP contribution in [0.3, 0.4) is 0 Å². The van der Waals surface area contributed by atoms with Crippen molar-refractivity contribution in [1.29, 1.82) is 0 Å². The molecule has 0 bridgehead atoms. The Balaban J connectivity index is 0.000000469. The lowest BCUT2D eigenvalue weighted by Crippen LogP contribution is -2.35. The maximum Gasteiger partial charge on any atom is 0.237 e. The fourth-order valence-corrected chi connectivity index (χ4v) is 6.32. The lowest BCUT2D eigenvalue weighted by Gasteiger charge is -2.27. The highest BCUT2D eigenvalue weighted by atomic mass is 32.2. The summed E-state index contributed by atoms with van der Waals surface area (Å²) in [6.07, 6.45) is 10.2.